The number of rotatable bonds is 5. The molecule has 2 N–H and O–H groups in total. The van der Waals surface area contributed by atoms with E-state index in [1.165, 1.54) is 13.2 Å². The van der Waals surface area contributed by atoms with Crippen molar-refractivity contribution in [1.29, 1.82) is 0 Å². The Hall–Kier alpha value is -2.34. The summed E-state index contributed by atoms with van der Waals surface area (Å²) in [4.78, 5) is 15.6. The van der Waals surface area contributed by atoms with Crippen molar-refractivity contribution in [2.75, 3.05) is 7.11 Å². The molecule has 2 rings (SSSR count). The summed E-state index contributed by atoms with van der Waals surface area (Å²) < 4.78 is 5.37. The molecule has 0 saturated heterocycles. The maximum Gasteiger partial charge on any atom is 0.305 e. The smallest absolute Gasteiger partial charge is 0.305 e. The van der Waals surface area contributed by atoms with Crippen LogP contribution in [0.5, 0.6) is 11.5 Å². The molecule has 0 aliphatic heterocycles. The van der Waals surface area contributed by atoms with Crippen molar-refractivity contribution >= 4 is 33.8 Å². The second kappa shape index (κ2) is 7.78. The summed E-state index contributed by atoms with van der Waals surface area (Å²) in [5.74, 6) is -0.0800. The predicted octanol–water partition coefficient (Wildman–Crippen LogP) is 3.72. The topological polar surface area (TPSA) is 79.1 Å². The number of hydrogen-bond acceptors (Lipinski definition) is 5. The molecule has 0 aliphatic rings. The minimum Gasteiger partial charge on any atom is -0.508 e. The monoisotopic (exact) mass is 377 g/mol. The van der Waals surface area contributed by atoms with E-state index in [2.05, 4.69) is 25.7 Å². The quantitative estimate of drug-likeness (QED) is 0.614. The van der Waals surface area contributed by atoms with Gasteiger partial charge in [-0.05, 0) is 41.8 Å². The Morgan fingerprint density at radius 1 is 1.22 bits per heavy atom. The average Bonchev–Trinajstić information content (AvgIpc) is 2.50. The summed E-state index contributed by atoms with van der Waals surface area (Å²) >= 11 is 3.30. The lowest BCUT2D eigenvalue weighted by atomic mass is 10.1. The van der Waals surface area contributed by atoms with Crippen molar-refractivity contribution in [2.45, 2.75) is 12.8 Å². The van der Waals surface area contributed by atoms with Crippen LogP contribution in [0.3, 0.4) is 0 Å². The first-order valence-electron chi connectivity index (χ1n) is 6.90. The lowest BCUT2D eigenvalue weighted by Gasteiger charge is -2.06. The van der Waals surface area contributed by atoms with Crippen molar-refractivity contribution in [3.8, 4) is 11.5 Å². The lowest BCUT2D eigenvalue weighted by molar-refractivity contribution is -0.140. The van der Waals surface area contributed by atoms with Crippen LogP contribution in [-0.2, 0) is 16.0 Å². The lowest BCUT2D eigenvalue weighted by Crippen LogP contribution is -2.02. The van der Waals surface area contributed by atoms with E-state index in [0.717, 1.165) is 10.0 Å². The van der Waals surface area contributed by atoms with Crippen LogP contribution in [-0.4, -0.2) is 29.5 Å². The SMILES string of the molecule is COC(=O)CCc1ccc(O)cc1N=Cc1cc(O)cc(Br)c1. The number of aromatic hydroxyl groups is 2. The Labute approximate surface area is 142 Å². The highest BCUT2D eigenvalue weighted by atomic mass is 79.9. The molecule has 6 heteroatoms. The highest BCUT2D eigenvalue weighted by molar-refractivity contribution is 9.10. The molecule has 0 radical (unpaired) electrons. The third kappa shape index (κ3) is 5.10. The molecule has 23 heavy (non-hydrogen) atoms. The van der Waals surface area contributed by atoms with E-state index in [-0.39, 0.29) is 23.9 Å². The summed E-state index contributed by atoms with van der Waals surface area (Å²) in [5.41, 5.74) is 2.09. The van der Waals surface area contributed by atoms with E-state index in [1.54, 1.807) is 36.5 Å². The number of benzene rings is 2. The van der Waals surface area contributed by atoms with E-state index >= 15 is 0 Å². The zero-order chi connectivity index (χ0) is 16.8. The zero-order valence-electron chi connectivity index (χ0n) is 12.5. The van der Waals surface area contributed by atoms with Gasteiger partial charge >= 0.3 is 5.97 Å². The number of carbonyl (C=O) groups is 1. The molecule has 0 spiro atoms. The highest BCUT2D eigenvalue weighted by Crippen LogP contribution is 2.26. The van der Waals surface area contributed by atoms with E-state index in [1.807, 2.05) is 0 Å². The normalized spacial score (nSPS) is 10.9. The molecular weight excluding hydrogens is 362 g/mol. The first-order chi connectivity index (χ1) is 11.0. The van der Waals surface area contributed by atoms with E-state index in [9.17, 15) is 15.0 Å². The molecule has 0 unspecified atom stereocenters. The molecule has 5 nitrogen and oxygen atoms in total. The molecule has 0 bridgehead atoms. The zero-order valence-corrected chi connectivity index (χ0v) is 14.1. The van der Waals surface area contributed by atoms with Crippen molar-refractivity contribution in [1.82, 2.24) is 0 Å². The van der Waals surface area contributed by atoms with Gasteiger partial charge in [0.05, 0.1) is 12.8 Å². The van der Waals surface area contributed by atoms with Gasteiger partial charge in [-0.25, -0.2) is 0 Å². The van der Waals surface area contributed by atoms with E-state index < -0.39 is 0 Å². The maximum atomic E-state index is 11.3. The number of phenolic OH excluding ortho intramolecular Hbond substituents is 2. The van der Waals surface area contributed by atoms with Crippen LogP contribution < -0.4 is 0 Å². The number of ether oxygens (including phenoxy) is 1. The Bertz CT molecular complexity index is 723. The first kappa shape index (κ1) is 17.0. The molecule has 120 valence electrons. The maximum absolute atomic E-state index is 11.3. The van der Waals surface area contributed by atoms with Crippen LogP contribution in [0.15, 0.2) is 45.9 Å². The molecule has 0 aliphatic carbocycles. The minimum atomic E-state index is -0.301. The highest BCUT2D eigenvalue weighted by Gasteiger charge is 2.07. The third-order valence-electron chi connectivity index (χ3n) is 3.15. The Morgan fingerprint density at radius 2 is 2.00 bits per heavy atom. The number of carbonyl (C=O) groups excluding carboxylic acids is 1. The number of hydrogen-bond donors (Lipinski definition) is 2. The molecule has 2 aromatic carbocycles. The van der Waals surface area contributed by atoms with Crippen LogP contribution >= 0.6 is 15.9 Å². The first-order valence-corrected chi connectivity index (χ1v) is 7.69. The number of esters is 1. The summed E-state index contributed by atoms with van der Waals surface area (Å²) in [6.45, 7) is 0. The fourth-order valence-corrected chi connectivity index (χ4v) is 2.54. The number of phenols is 2. The summed E-state index contributed by atoms with van der Waals surface area (Å²) in [7, 11) is 1.35. The van der Waals surface area contributed by atoms with Crippen LogP contribution in [0.1, 0.15) is 17.5 Å². The van der Waals surface area contributed by atoms with Crippen LogP contribution in [0.4, 0.5) is 5.69 Å². The number of aryl methyl sites for hydroxylation is 1. The van der Waals surface area contributed by atoms with Gasteiger partial charge in [0.15, 0.2) is 0 Å². The molecule has 0 saturated carbocycles. The van der Waals surface area contributed by atoms with Crippen LogP contribution in [0.2, 0.25) is 0 Å². The van der Waals surface area contributed by atoms with E-state index in [4.69, 9.17) is 0 Å². The van der Waals surface area contributed by atoms with Crippen LogP contribution in [0, 0.1) is 0 Å². The Morgan fingerprint density at radius 3 is 2.70 bits per heavy atom. The fourth-order valence-electron chi connectivity index (χ4n) is 2.04. The summed E-state index contributed by atoms with van der Waals surface area (Å²) in [5, 5.41) is 19.2. The fraction of sp³-hybridized carbons (Fsp3) is 0.176. The number of aliphatic imine (C=N–C) groups is 1. The third-order valence-corrected chi connectivity index (χ3v) is 3.61. The van der Waals surface area contributed by atoms with Gasteiger partial charge in [-0.2, -0.15) is 0 Å². The average molecular weight is 378 g/mol. The molecule has 0 aromatic heterocycles. The van der Waals surface area contributed by atoms with Gasteiger partial charge in [0, 0.05) is 23.2 Å². The molecular formula is C17H16BrNO4. The molecule has 0 heterocycles. The van der Waals surface area contributed by atoms with Crippen molar-refractivity contribution in [2.24, 2.45) is 4.99 Å². The standard InChI is InChI=1S/C17H16BrNO4/c1-23-17(22)5-3-12-2-4-14(20)9-16(12)19-10-11-6-13(18)8-15(21)7-11/h2,4,6-10,20-21H,3,5H2,1H3. The van der Waals surface area contributed by atoms with Gasteiger partial charge in [-0.15, -0.1) is 0 Å². The van der Waals surface area contributed by atoms with Crippen molar-refractivity contribution < 1.29 is 19.7 Å². The van der Waals surface area contributed by atoms with Crippen LogP contribution in [0.25, 0.3) is 0 Å². The number of nitrogens with zero attached hydrogens (tertiary/aromatic N) is 1. The summed E-state index contributed by atoms with van der Waals surface area (Å²) in [6, 6.07) is 9.76. The number of methoxy groups -OCH3 is 1. The van der Waals surface area contributed by atoms with Crippen molar-refractivity contribution in [3.63, 3.8) is 0 Å². The van der Waals surface area contributed by atoms with Crippen molar-refractivity contribution in [3.05, 3.63) is 52.0 Å². The second-order valence-electron chi connectivity index (χ2n) is 4.89. The Balaban J connectivity index is 2.25. The minimum absolute atomic E-state index is 0.0936. The molecule has 0 atom stereocenters. The van der Waals surface area contributed by atoms with Gasteiger partial charge in [-0.3, -0.25) is 9.79 Å². The van der Waals surface area contributed by atoms with Gasteiger partial charge in [-0.1, -0.05) is 22.0 Å². The second-order valence-corrected chi connectivity index (χ2v) is 5.81. The largest absolute Gasteiger partial charge is 0.508 e. The van der Waals surface area contributed by atoms with Gasteiger partial charge < -0.3 is 14.9 Å². The van der Waals surface area contributed by atoms with Gasteiger partial charge in [0.2, 0.25) is 0 Å². The molecule has 0 fully saturated rings. The molecule has 0 amide bonds. The van der Waals surface area contributed by atoms with Gasteiger partial charge in [0.25, 0.3) is 0 Å². The number of halogens is 1. The molecule has 2 aromatic rings. The van der Waals surface area contributed by atoms with E-state index in [0.29, 0.717) is 17.7 Å². The predicted molar refractivity (Wildman–Crippen MR) is 91.5 cm³/mol. The van der Waals surface area contributed by atoms with Gasteiger partial charge in [0.1, 0.15) is 11.5 Å². The summed E-state index contributed by atoms with van der Waals surface area (Å²) in [6.07, 6.45) is 2.28. The Kier molecular flexibility index (Phi) is 5.76.